The molecule has 3 aromatic rings. The molecule has 0 saturated heterocycles. The van der Waals surface area contributed by atoms with Gasteiger partial charge in [-0.15, -0.1) is 23.5 Å². The summed E-state index contributed by atoms with van der Waals surface area (Å²) < 4.78 is 0. The largest absolute Gasteiger partial charge is 0.378 e. The Morgan fingerprint density at radius 1 is 0.613 bits per heavy atom. The Kier molecular flexibility index (Phi) is 5.28. The van der Waals surface area contributed by atoms with Gasteiger partial charge in [0, 0.05) is 51.5 Å². The van der Waals surface area contributed by atoms with Crippen LogP contribution in [0.1, 0.15) is 0 Å². The third kappa shape index (κ3) is 3.26. The summed E-state index contributed by atoms with van der Waals surface area (Å²) in [7, 11) is 4.18. The highest BCUT2D eigenvalue weighted by atomic mass is 32.2. The van der Waals surface area contributed by atoms with Crippen LogP contribution in [0.15, 0.2) is 82.6 Å². The maximum atomic E-state index is 4.95. The number of fused-ring (bicyclic) bond motifs is 3. The molecule has 0 saturated carbocycles. The van der Waals surface area contributed by atoms with Crippen molar-refractivity contribution < 1.29 is 0 Å². The van der Waals surface area contributed by atoms with Crippen molar-refractivity contribution in [3.8, 4) is 22.3 Å². The summed E-state index contributed by atoms with van der Waals surface area (Å²) in [4.78, 5) is 9.77. The van der Waals surface area contributed by atoms with Gasteiger partial charge in [0.05, 0.1) is 11.0 Å². The van der Waals surface area contributed by atoms with E-state index < -0.39 is 0 Å². The first kappa shape index (κ1) is 20.2. The molecule has 0 spiro atoms. The lowest BCUT2D eigenvalue weighted by molar-refractivity contribution is 1.13. The van der Waals surface area contributed by atoms with Crippen molar-refractivity contribution in [1.29, 1.82) is 0 Å². The van der Waals surface area contributed by atoms with Gasteiger partial charge in [-0.05, 0) is 47.9 Å². The van der Waals surface area contributed by atoms with E-state index in [-0.39, 0.29) is 0 Å². The number of rotatable bonds is 4. The summed E-state index contributed by atoms with van der Waals surface area (Å²) in [5.41, 5.74) is 8.54. The van der Waals surface area contributed by atoms with Gasteiger partial charge in [-0.2, -0.15) is 0 Å². The van der Waals surface area contributed by atoms with Crippen LogP contribution in [-0.2, 0) is 0 Å². The summed E-state index contributed by atoms with van der Waals surface area (Å²) in [6, 6.07) is 26.0. The zero-order valence-electron chi connectivity index (χ0n) is 18.1. The van der Waals surface area contributed by atoms with Gasteiger partial charge >= 0.3 is 0 Å². The molecule has 0 amide bonds. The van der Waals surface area contributed by atoms with Crippen molar-refractivity contribution in [2.24, 2.45) is 0 Å². The molecule has 5 rings (SSSR count). The van der Waals surface area contributed by atoms with E-state index in [9.17, 15) is 0 Å². The van der Waals surface area contributed by atoms with E-state index in [2.05, 4.69) is 104 Å². The fourth-order valence-corrected chi connectivity index (χ4v) is 6.08. The van der Waals surface area contributed by atoms with Crippen LogP contribution in [0.2, 0.25) is 0 Å². The Morgan fingerprint density at radius 3 is 1.55 bits per heavy atom. The number of hydrogen-bond donors (Lipinski definition) is 0. The first-order valence-corrected chi connectivity index (χ1v) is 12.7. The van der Waals surface area contributed by atoms with Crippen LogP contribution in [0, 0.1) is 0 Å². The molecular weight excluding hydrogens is 416 g/mol. The highest BCUT2D eigenvalue weighted by Gasteiger charge is 2.26. The molecule has 0 bridgehead atoms. The topological polar surface area (TPSA) is 16.1 Å². The van der Waals surface area contributed by atoms with Crippen molar-refractivity contribution in [3.63, 3.8) is 0 Å². The van der Waals surface area contributed by atoms with Crippen LogP contribution in [-0.4, -0.2) is 31.6 Å². The SMILES string of the molecule is CSc1c2ccc(N(C)C)ccc-2c(SC)c1-c1c2ccccc2nc2ccccc12. The van der Waals surface area contributed by atoms with Gasteiger partial charge in [0.15, 0.2) is 0 Å². The highest BCUT2D eigenvalue weighted by Crippen LogP contribution is 2.53. The van der Waals surface area contributed by atoms with E-state index in [0.717, 1.165) is 11.0 Å². The van der Waals surface area contributed by atoms with Gasteiger partial charge in [0.1, 0.15) is 0 Å². The molecule has 0 aliphatic heterocycles. The van der Waals surface area contributed by atoms with Crippen LogP contribution >= 0.6 is 23.5 Å². The van der Waals surface area contributed by atoms with Crippen LogP contribution < -0.4 is 4.90 Å². The van der Waals surface area contributed by atoms with Gasteiger partial charge < -0.3 is 4.90 Å². The van der Waals surface area contributed by atoms with Crippen molar-refractivity contribution in [3.05, 3.63) is 72.8 Å². The van der Waals surface area contributed by atoms with Crippen molar-refractivity contribution >= 4 is 51.0 Å². The number of benzene rings is 2. The normalized spacial score (nSPS) is 11.5. The number of anilines is 1. The number of hydrogen-bond acceptors (Lipinski definition) is 4. The third-order valence-electron chi connectivity index (χ3n) is 5.84. The average Bonchev–Trinajstić information content (AvgIpc) is 2.92. The summed E-state index contributed by atoms with van der Waals surface area (Å²) in [5, 5.41) is 2.42. The standard InChI is InChI=1S/C27H24N2S2/c1-29(2)17-13-15-18-19(16-14-17)27(31-4)25(26(18)30-3)24-20-9-5-7-11-22(20)28-23-12-8-6-10-21(23)24/h5-16H,1-4H3. The number of para-hydroxylation sites is 2. The second-order valence-electron chi connectivity index (χ2n) is 7.78. The predicted octanol–water partition coefficient (Wildman–Crippen LogP) is 7.67. The molecule has 1 heterocycles. The van der Waals surface area contributed by atoms with Gasteiger partial charge in [-0.3, -0.25) is 0 Å². The second kappa shape index (κ2) is 8.10. The Morgan fingerprint density at radius 2 is 1.10 bits per heavy atom. The predicted molar refractivity (Wildman–Crippen MR) is 139 cm³/mol. The quantitative estimate of drug-likeness (QED) is 0.210. The summed E-state index contributed by atoms with van der Waals surface area (Å²) in [6.07, 6.45) is 4.38. The van der Waals surface area contributed by atoms with E-state index in [0.29, 0.717) is 0 Å². The van der Waals surface area contributed by atoms with Crippen molar-refractivity contribution in [2.45, 2.75) is 9.79 Å². The number of nitrogens with zero attached hydrogens (tertiary/aromatic N) is 2. The third-order valence-corrected chi connectivity index (χ3v) is 7.50. The molecule has 4 heteroatoms. The molecule has 1 aromatic heterocycles. The fourth-order valence-electron chi connectivity index (χ4n) is 4.40. The average molecular weight is 441 g/mol. The number of aromatic nitrogens is 1. The molecule has 31 heavy (non-hydrogen) atoms. The molecule has 2 aliphatic rings. The fraction of sp³-hybridized carbons (Fsp3) is 0.148. The minimum absolute atomic E-state index is 1.04. The van der Waals surface area contributed by atoms with E-state index in [1.54, 1.807) is 0 Å². The Balaban J connectivity index is 1.97. The first-order chi connectivity index (χ1) is 15.1. The minimum Gasteiger partial charge on any atom is -0.378 e. The highest BCUT2D eigenvalue weighted by molar-refractivity contribution is 8.00. The maximum absolute atomic E-state index is 4.95. The van der Waals surface area contributed by atoms with E-state index in [1.807, 2.05) is 23.5 Å². The Bertz CT molecular complexity index is 1300. The van der Waals surface area contributed by atoms with Gasteiger partial charge in [-0.25, -0.2) is 4.98 Å². The van der Waals surface area contributed by atoms with E-state index in [4.69, 9.17) is 4.98 Å². The lowest BCUT2D eigenvalue weighted by Gasteiger charge is -2.13. The first-order valence-electron chi connectivity index (χ1n) is 10.3. The lowest BCUT2D eigenvalue weighted by Crippen LogP contribution is -2.07. The molecular formula is C27H24N2S2. The van der Waals surface area contributed by atoms with Gasteiger partial charge in [0.2, 0.25) is 0 Å². The van der Waals surface area contributed by atoms with Crippen LogP contribution in [0.25, 0.3) is 44.1 Å². The monoisotopic (exact) mass is 440 g/mol. The number of thioether (sulfide) groups is 2. The Hall–Kier alpha value is -2.69. The molecule has 2 nitrogen and oxygen atoms in total. The molecule has 2 aromatic carbocycles. The Labute approximate surface area is 192 Å². The summed E-state index contributed by atoms with van der Waals surface area (Å²) >= 11 is 3.67. The number of pyridine rings is 1. The summed E-state index contributed by atoms with van der Waals surface area (Å²) in [6.45, 7) is 0. The van der Waals surface area contributed by atoms with Crippen molar-refractivity contribution in [2.75, 3.05) is 31.5 Å². The molecule has 2 aliphatic carbocycles. The molecule has 0 N–H and O–H groups in total. The van der Waals surface area contributed by atoms with Crippen LogP contribution in [0.3, 0.4) is 0 Å². The summed E-state index contributed by atoms with van der Waals surface area (Å²) in [5.74, 6) is 0. The molecule has 0 atom stereocenters. The maximum Gasteiger partial charge on any atom is 0.0715 e. The molecule has 0 fully saturated rings. The molecule has 154 valence electrons. The van der Waals surface area contributed by atoms with E-state index >= 15 is 0 Å². The lowest BCUT2D eigenvalue weighted by atomic mass is 9.97. The zero-order valence-corrected chi connectivity index (χ0v) is 19.8. The van der Waals surface area contributed by atoms with Crippen molar-refractivity contribution in [1.82, 2.24) is 4.98 Å². The van der Waals surface area contributed by atoms with Gasteiger partial charge in [-0.1, -0.05) is 48.5 Å². The second-order valence-corrected chi connectivity index (χ2v) is 9.41. The van der Waals surface area contributed by atoms with E-state index in [1.165, 1.54) is 48.5 Å². The molecule has 0 unspecified atom stereocenters. The van der Waals surface area contributed by atoms with Gasteiger partial charge in [0.25, 0.3) is 0 Å². The molecule has 0 radical (unpaired) electrons. The minimum atomic E-state index is 1.04. The smallest absolute Gasteiger partial charge is 0.0715 e. The van der Waals surface area contributed by atoms with Crippen LogP contribution in [0.5, 0.6) is 0 Å². The van der Waals surface area contributed by atoms with Crippen LogP contribution in [0.4, 0.5) is 5.69 Å². The zero-order chi connectivity index (χ0) is 21.5.